The minimum Gasteiger partial charge on any atom is -0.313 e. The fourth-order valence-electron chi connectivity index (χ4n) is 0.685. The molecule has 9 heavy (non-hydrogen) atoms. The van der Waals surface area contributed by atoms with Gasteiger partial charge in [-0.05, 0) is 25.7 Å². The van der Waals surface area contributed by atoms with Gasteiger partial charge < -0.3 is 5.32 Å². The van der Waals surface area contributed by atoms with Crippen molar-refractivity contribution in [1.82, 2.24) is 5.32 Å². The highest BCUT2D eigenvalue weighted by molar-refractivity contribution is 4.59. The van der Waals surface area contributed by atoms with Crippen LogP contribution in [0.5, 0.6) is 0 Å². The molecule has 0 aromatic rings. The second-order valence-corrected chi connectivity index (χ2v) is 3.08. The summed E-state index contributed by atoms with van der Waals surface area (Å²) < 4.78 is 0. The first-order valence-corrected chi connectivity index (χ1v) is 3.69. The van der Waals surface area contributed by atoms with E-state index in [1.165, 1.54) is 12.8 Å². The fraction of sp³-hybridized carbons (Fsp3) is 0.875. The quantitative estimate of drug-likeness (QED) is 0.612. The van der Waals surface area contributed by atoms with Gasteiger partial charge in [0.25, 0.3) is 0 Å². The van der Waals surface area contributed by atoms with Crippen LogP contribution in [0.4, 0.5) is 0 Å². The van der Waals surface area contributed by atoms with E-state index < -0.39 is 0 Å². The lowest BCUT2D eigenvalue weighted by Gasteiger charge is -2.10. The molecule has 1 unspecified atom stereocenters. The Kier molecular flexibility index (Phi) is 4.78. The van der Waals surface area contributed by atoms with Crippen LogP contribution < -0.4 is 5.32 Å². The predicted octanol–water partition coefficient (Wildman–Crippen LogP) is 2.19. The van der Waals surface area contributed by atoms with Crippen molar-refractivity contribution >= 4 is 0 Å². The molecule has 0 aromatic heterocycles. The summed E-state index contributed by atoms with van der Waals surface area (Å²) in [5.41, 5.74) is 0. The van der Waals surface area contributed by atoms with Crippen molar-refractivity contribution in [3.8, 4) is 0 Å². The fourth-order valence-corrected chi connectivity index (χ4v) is 0.685. The summed E-state index contributed by atoms with van der Waals surface area (Å²) in [5.74, 6) is 0.820. The SMILES string of the molecule is [CH2]NC(C)CCC(C)C. The number of rotatable bonds is 4. The first-order chi connectivity index (χ1) is 4.16. The van der Waals surface area contributed by atoms with Crippen LogP contribution in [-0.4, -0.2) is 6.04 Å². The zero-order chi connectivity index (χ0) is 7.28. The van der Waals surface area contributed by atoms with Gasteiger partial charge in [-0.2, -0.15) is 0 Å². The standard InChI is InChI=1S/C8H18N/c1-7(2)5-6-8(3)9-4/h7-9H,4-6H2,1-3H3. The summed E-state index contributed by atoms with van der Waals surface area (Å²) in [6.45, 7) is 6.65. The molecule has 55 valence electrons. The van der Waals surface area contributed by atoms with Crippen molar-refractivity contribution in [2.45, 2.75) is 39.7 Å². The van der Waals surface area contributed by atoms with Gasteiger partial charge in [0, 0.05) is 13.1 Å². The average molecular weight is 128 g/mol. The van der Waals surface area contributed by atoms with E-state index in [0.29, 0.717) is 6.04 Å². The molecule has 0 saturated carbocycles. The van der Waals surface area contributed by atoms with Gasteiger partial charge in [0.15, 0.2) is 0 Å². The zero-order valence-corrected chi connectivity index (χ0v) is 6.78. The minimum absolute atomic E-state index is 0.576. The molecule has 1 N–H and O–H groups in total. The Bertz CT molecular complexity index is 59.6. The molecule has 0 rings (SSSR count). The Labute approximate surface area is 58.8 Å². The van der Waals surface area contributed by atoms with E-state index in [9.17, 15) is 0 Å². The number of hydrogen-bond donors (Lipinski definition) is 1. The van der Waals surface area contributed by atoms with Crippen molar-refractivity contribution in [1.29, 1.82) is 0 Å². The number of nitrogens with one attached hydrogen (secondary N) is 1. The average Bonchev–Trinajstić information content (AvgIpc) is 1.83. The highest BCUT2D eigenvalue weighted by Gasteiger charge is 1.98. The first kappa shape index (κ1) is 8.96. The molecule has 1 nitrogen and oxygen atoms in total. The van der Waals surface area contributed by atoms with E-state index in [0.717, 1.165) is 5.92 Å². The van der Waals surface area contributed by atoms with Crippen LogP contribution in [0.15, 0.2) is 0 Å². The molecule has 1 heteroatoms. The van der Waals surface area contributed by atoms with Gasteiger partial charge in [-0.3, -0.25) is 0 Å². The van der Waals surface area contributed by atoms with Gasteiger partial charge in [0.05, 0.1) is 0 Å². The molecule has 0 aliphatic carbocycles. The lowest BCUT2D eigenvalue weighted by atomic mass is 10.0. The van der Waals surface area contributed by atoms with Crippen molar-refractivity contribution in [3.63, 3.8) is 0 Å². The molecule has 0 aromatic carbocycles. The van der Waals surface area contributed by atoms with Gasteiger partial charge >= 0.3 is 0 Å². The largest absolute Gasteiger partial charge is 0.313 e. The van der Waals surface area contributed by atoms with Crippen LogP contribution in [0.2, 0.25) is 0 Å². The van der Waals surface area contributed by atoms with Crippen molar-refractivity contribution in [2.75, 3.05) is 0 Å². The second-order valence-electron chi connectivity index (χ2n) is 3.08. The van der Waals surface area contributed by atoms with Crippen LogP contribution >= 0.6 is 0 Å². The Balaban J connectivity index is 3.06. The molecule has 0 spiro atoms. The highest BCUT2D eigenvalue weighted by Crippen LogP contribution is 2.05. The van der Waals surface area contributed by atoms with Gasteiger partial charge in [0.2, 0.25) is 0 Å². The Morgan fingerprint density at radius 3 is 2.11 bits per heavy atom. The first-order valence-electron chi connectivity index (χ1n) is 3.69. The summed E-state index contributed by atoms with van der Waals surface area (Å²) in [4.78, 5) is 0. The van der Waals surface area contributed by atoms with Crippen molar-refractivity contribution < 1.29 is 0 Å². The maximum absolute atomic E-state index is 3.61. The molecule has 0 saturated heterocycles. The summed E-state index contributed by atoms with van der Waals surface area (Å²) >= 11 is 0. The predicted molar refractivity (Wildman–Crippen MR) is 42.0 cm³/mol. The number of hydrogen-bond acceptors (Lipinski definition) is 1. The van der Waals surface area contributed by atoms with E-state index in [-0.39, 0.29) is 0 Å². The third kappa shape index (κ3) is 5.84. The molecule has 0 fully saturated rings. The molecule has 1 radical (unpaired) electrons. The molecule has 0 bridgehead atoms. The lowest BCUT2D eigenvalue weighted by Crippen LogP contribution is -2.19. The zero-order valence-electron chi connectivity index (χ0n) is 6.78. The molecular formula is C8H18N. The Morgan fingerprint density at radius 2 is 1.78 bits per heavy atom. The van der Waals surface area contributed by atoms with Crippen LogP contribution in [-0.2, 0) is 0 Å². The molecule has 0 aliphatic heterocycles. The van der Waals surface area contributed by atoms with Gasteiger partial charge in [-0.1, -0.05) is 13.8 Å². The minimum atomic E-state index is 0.576. The van der Waals surface area contributed by atoms with Gasteiger partial charge in [-0.15, -0.1) is 0 Å². The summed E-state index contributed by atoms with van der Waals surface area (Å²) in [6, 6.07) is 0.576. The Morgan fingerprint density at radius 1 is 1.22 bits per heavy atom. The van der Waals surface area contributed by atoms with E-state index in [4.69, 9.17) is 0 Å². The van der Waals surface area contributed by atoms with Crippen LogP contribution in [0.3, 0.4) is 0 Å². The monoisotopic (exact) mass is 128 g/mol. The van der Waals surface area contributed by atoms with Gasteiger partial charge in [-0.25, -0.2) is 0 Å². The third-order valence-corrected chi connectivity index (χ3v) is 1.53. The normalized spacial score (nSPS) is 14.3. The van der Waals surface area contributed by atoms with Crippen molar-refractivity contribution in [3.05, 3.63) is 7.05 Å². The van der Waals surface area contributed by atoms with E-state index in [2.05, 4.69) is 33.1 Å². The van der Waals surface area contributed by atoms with E-state index >= 15 is 0 Å². The molecule has 1 atom stereocenters. The van der Waals surface area contributed by atoms with E-state index in [1.807, 2.05) is 0 Å². The van der Waals surface area contributed by atoms with Crippen LogP contribution in [0, 0.1) is 13.0 Å². The lowest BCUT2D eigenvalue weighted by molar-refractivity contribution is 0.484. The highest BCUT2D eigenvalue weighted by atomic mass is 14.8. The molecule has 0 aliphatic rings. The van der Waals surface area contributed by atoms with Crippen LogP contribution in [0.1, 0.15) is 33.6 Å². The maximum Gasteiger partial charge on any atom is 0.00793 e. The topological polar surface area (TPSA) is 12.0 Å². The Hall–Kier alpha value is -0.0400. The molecular weight excluding hydrogens is 110 g/mol. The van der Waals surface area contributed by atoms with Gasteiger partial charge in [0.1, 0.15) is 0 Å². The maximum atomic E-state index is 3.61. The third-order valence-electron chi connectivity index (χ3n) is 1.53. The van der Waals surface area contributed by atoms with Crippen LogP contribution in [0.25, 0.3) is 0 Å². The molecule has 0 heterocycles. The second kappa shape index (κ2) is 4.80. The van der Waals surface area contributed by atoms with Crippen molar-refractivity contribution in [2.24, 2.45) is 5.92 Å². The summed E-state index contributed by atoms with van der Waals surface area (Å²) in [7, 11) is 3.61. The smallest absolute Gasteiger partial charge is 0.00793 e. The van der Waals surface area contributed by atoms with E-state index in [1.54, 1.807) is 0 Å². The summed E-state index contributed by atoms with van der Waals surface area (Å²) in [6.07, 6.45) is 2.53. The molecule has 0 amide bonds. The summed E-state index contributed by atoms with van der Waals surface area (Å²) in [5, 5.41) is 2.97.